The minimum absolute atomic E-state index is 0.0973. The third kappa shape index (κ3) is 3.47. The molecule has 0 aliphatic heterocycles. The number of benzene rings is 1. The molecule has 3 N–H and O–H groups in total. The van der Waals surface area contributed by atoms with Gasteiger partial charge in [0.05, 0.1) is 11.9 Å². The maximum Gasteiger partial charge on any atom is 0.354 e. The summed E-state index contributed by atoms with van der Waals surface area (Å²) in [6.45, 7) is 0. The van der Waals surface area contributed by atoms with Crippen molar-refractivity contribution >= 4 is 23.4 Å². The average molecular weight is 287 g/mol. The summed E-state index contributed by atoms with van der Waals surface area (Å²) in [5, 5.41) is 20.5. The number of anilines is 2. The summed E-state index contributed by atoms with van der Waals surface area (Å²) in [6, 6.07) is 8.49. The summed E-state index contributed by atoms with van der Waals surface area (Å²) in [5.74, 6) is -1.02. The lowest BCUT2D eigenvalue weighted by atomic mass is 10.3. The molecule has 1 aromatic carbocycles. The second kappa shape index (κ2) is 5.91. The van der Waals surface area contributed by atoms with Gasteiger partial charge < -0.3 is 15.5 Å². The van der Waals surface area contributed by atoms with Crippen molar-refractivity contribution in [1.82, 2.24) is 4.98 Å². The van der Waals surface area contributed by atoms with Gasteiger partial charge in [0.2, 0.25) is 0 Å². The van der Waals surface area contributed by atoms with Crippen LogP contribution < -0.4 is 10.2 Å². The molecular formula is C14H13N3O4. The van der Waals surface area contributed by atoms with Crippen LogP contribution in [0.15, 0.2) is 42.6 Å². The average Bonchev–Trinajstić information content (AvgIpc) is 2.47. The Balaban J connectivity index is 2.06. The van der Waals surface area contributed by atoms with Gasteiger partial charge in [-0.15, -0.1) is 0 Å². The molecule has 1 heterocycles. The van der Waals surface area contributed by atoms with Gasteiger partial charge in [0.1, 0.15) is 11.4 Å². The predicted molar refractivity (Wildman–Crippen MR) is 76.7 cm³/mol. The molecule has 0 unspecified atom stereocenters. The number of hydrogen-bond donors (Lipinski definition) is 3. The number of pyridine rings is 1. The van der Waals surface area contributed by atoms with Crippen LogP contribution in [0.2, 0.25) is 0 Å². The number of urea groups is 1. The van der Waals surface area contributed by atoms with Crippen LogP contribution in [0.5, 0.6) is 5.75 Å². The molecule has 2 rings (SSSR count). The molecule has 0 saturated heterocycles. The molecule has 0 aliphatic rings. The van der Waals surface area contributed by atoms with E-state index >= 15 is 0 Å². The van der Waals surface area contributed by atoms with Crippen molar-refractivity contribution < 1.29 is 19.8 Å². The van der Waals surface area contributed by atoms with Crippen molar-refractivity contribution in [2.24, 2.45) is 0 Å². The molecule has 21 heavy (non-hydrogen) atoms. The summed E-state index contributed by atoms with van der Waals surface area (Å²) in [5.41, 5.74) is 0.885. The maximum atomic E-state index is 12.0. The zero-order valence-electron chi connectivity index (χ0n) is 11.1. The van der Waals surface area contributed by atoms with E-state index in [4.69, 9.17) is 5.11 Å². The van der Waals surface area contributed by atoms with E-state index in [0.717, 1.165) is 0 Å². The molecular weight excluding hydrogens is 274 g/mol. The molecule has 2 amide bonds. The van der Waals surface area contributed by atoms with Crippen LogP contribution in [0.25, 0.3) is 0 Å². The fraction of sp³-hybridized carbons (Fsp3) is 0.0714. The Hall–Kier alpha value is -3.09. The second-order valence-corrected chi connectivity index (χ2v) is 4.24. The van der Waals surface area contributed by atoms with Crippen LogP contribution in [0, 0.1) is 0 Å². The normalized spacial score (nSPS) is 9.95. The topological polar surface area (TPSA) is 103 Å². The highest BCUT2D eigenvalue weighted by Crippen LogP contribution is 2.18. The van der Waals surface area contributed by atoms with Gasteiger partial charge >= 0.3 is 12.0 Å². The first-order valence-corrected chi connectivity index (χ1v) is 6.00. The SMILES string of the molecule is CN(C(=O)Nc1ccc(C(=O)O)nc1)c1ccc(O)cc1. The number of carbonyl (C=O) groups is 2. The summed E-state index contributed by atoms with van der Waals surface area (Å²) in [6.07, 6.45) is 1.27. The molecule has 7 nitrogen and oxygen atoms in total. The summed E-state index contributed by atoms with van der Waals surface area (Å²) in [4.78, 5) is 27.8. The summed E-state index contributed by atoms with van der Waals surface area (Å²) < 4.78 is 0. The third-order valence-corrected chi connectivity index (χ3v) is 2.78. The first-order valence-electron chi connectivity index (χ1n) is 6.00. The van der Waals surface area contributed by atoms with E-state index < -0.39 is 12.0 Å². The number of carboxylic acids is 1. The molecule has 0 saturated carbocycles. The number of aromatic hydroxyl groups is 1. The molecule has 2 aromatic rings. The zero-order valence-corrected chi connectivity index (χ0v) is 11.1. The van der Waals surface area contributed by atoms with Gasteiger partial charge in [-0.3, -0.25) is 4.90 Å². The van der Waals surface area contributed by atoms with Crippen LogP contribution in [0.3, 0.4) is 0 Å². The molecule has 0 bridgehead atoms. The number of carboxylic acid groups (broad SMARTS) is 1. The van der Waals surface area contributed by atoms with Crippen molar-refractivity contribution in [2.45, 2.75) is 0 Å². The molecule has 0 fully saturated rings. The van der Waals surface area contributed by atoms with Crippen molar-refractivity contribution in [1.29, 1.82) is 0 Å². The first-order chi connectivity index (χ1) is 9.97. The van der Waals surface area contributed by atoms with Gasteiger partial charge in [-0.25, -0.2) is 14.6 Å². The zero-order chi connectivity index (χ0) is 15.4. The Kier molecular flexibility index (Phi) is 4.03. The molecule has 0 aliphatic carbocycles. The van der Waals surface area contributed by atoms with E-state index in [0.29, 0.717) is 11.4 Å². The molecule has 1 aromatic heterocycles. The third-order valence-electron chi connectivity index (χ3n) is 2.78. The Labute approximate surface area is 120 Å². The van der Waals surface area contributed by atoms with Crippen LogP contribution in [-0.2, 0) is 0 Å². The Morgan fingerprint density at radius 2 is 1.81 bits per heavy atom. The molecule has 7 heteroatoms. The van der Waals surface area contributed by atoms with Crippen LogP contribution in [0.4, 0.5) is 16.2 Å². The van der Waals surface area contributed by atoms with E-state index in [1.807, 2.05) is 0 Å². The van der Waals surface area contributed by atoms with E-state index in [-0.39, 0.29) is 11.4 Å². The molecule has 108 valence electrons. The number of phenolic OH excluding ortho intramolecular Hbond substituents is 1. The van der Waals surface area contributed by atoms with Gasteiger partial charge in [-0.05, 0) is 36.4 Å². The van der Waals surface area contributed by atoms with Gasteiger partial charge in [-0.1, -0.05) is 0 Å². The summed E-state index contributed by atoms with van der Waals surface area (Å²) >= 11 is 0. The standard InChI is InChI=1S/C14H13N3O4/c1-17(10-3-5-11(18)6-4-10)14(21)16-9-2-7-12(13(19)20)15-8-9/h2-8,18H,1H3,(H,16,21)(H,19,20). The van der Waals surface area contributed by atoms with Crippen molar-refractivity contribution in [2.75, 3.05) is 17.3 Å². The van der Waals surface area contributed by atoms with Crippen LogP contribution in [-0.4, -0.2) is 34.2 Å². The lowest BCUT2D eigenvalue weighted by Crippen LogP contribution is -2.31. The largest absolute Gasteiger partial charge is 0.508 e. The van der Waals surface area contributed by atoms with E-state index in [1.165, 1.54) is 35.4 Å². The number of hydrogen-bond acceptors (Lipinski definition) is 4. The number of aromatic nitrogens is 1. The minimum atomic E-state index is -1.13. The van der Waals surface area contributed by atoms with E-state index in [9.17, 15) is 14.7 Å². The van der Waals surface area contributed by atoms with Crippen molar-refractivity contribution in [3.8, 4) is 5.75 Å². The fourth-order valence-corrected chi connectivity index (χ4v) is 1.60. The highest BCUT2D eigenvalue weighted by Gasteiger charge is 2.11. The highest BCUT2D eigenvalue weighted by molar-refractivity contribution is 6.01. The minimum Gasteiger partial charge on any atom is -0.508 e. The predicted octanol–water partition coefficient (Wildman–Crippen LogP) is 2.15. The Morgan fingerprint density at radius 1 is 1.14 bits per heavy atom. The molecule has 0 radical (unpaired) electrons. The lowest BCUT2D eigenvalue weighted by Gasteiger charge is -2.18. The van der Waals surface area contributed by atoms with Gasteiger partial charge in [-0.2, -0.15) is 0 Å². The number of nitrogens with zero attached hydrogens (tertiary/aromatic N) is 2. The maximum absolute atomic E-state index is 12.0. The monoisotopic (exact) mass is 287 g/mol. The van der Waals surface area contributed by atoms with Crippen molar-refractivity contribution in [3.63, 3.8) is 0 Å². The summed E-state index contributed by atoms with van der Waals surface area (Å²) in [7, 11) is 1.57. The van der Waals surface area contributed by atoms with Gasteiger partial charge in [0, 0.05) is 12.7 Å². The van der Waals surface area contributed by atoms with Crippen LogP contribution >= 0.6 is 0 Å². The number of phenols is 1. The fourth-order valence-electron chi connectivity index (χ4n) is 1.60. The van der Waals surface area contributed by atoms with Crippen LogP contribution in [0.1, 0.15) is 10.5 Å². The second-order valence-electron chi connectivity index (χ2n) is 4.24. The lowest BCUT2D eigenvalue weighted by molar-refractivity contribution is 0.0690. The number of rotatable bonds is 3. The number of nitrogens with one attached hydrogen (secondary N) is 1. The Morgan fingerprint density at radius 3 is 2.33 bits per heavy atom. The highest BCUT2D eigenvalue weighted by atomic mass is 16.4. The Bertz CT molecular complexity index is 653. The van der Waals surface area contributed by atoms with Gasteiger partial charge in [0.25, 0.3) is 0 Å². The van der Waals surface area contributed by atoms with E-state index in [2.05, 4.69) is 10.3 Å². The van der Waals surface area contributed by atoms with E-state index in [1.54, 1.807) is 19.2 Å². The molecule has 0 atom stereocenters. The quantitative estimate of drug-likeness (QED) is 0.802. The van der Waals surface area contributed by atoms with Gasteiger partial charge in [0.15, 0.2) is 0 Å². The van der Waals surface area contributed by atoms with Crippen molar-refractivity contribution in [3.05, 3.63) is 48.3 Å². The molecule has 0 spiro atoms. The number of carbonyl (C=O) groups excluding carboxylic acids is 1. The number of amides is 2. The first kappa shape index (κ1) is 14.3. The smallest absolute Gasteiger partial charge is 0.354 e. The number of aromatic carboxylic acids is 1.